The van der Waals surface area contributed by atoms with E-state index in [0.717, 1.165) is 5.82 Å². The standard InChI is InChI=1S/C15H18Cl2N2O.HNO3/c1-15(2,3)14-18-6-7-19(14)9-13(20)11-5-4-10(16)8-12(11)17;2-1(3)4/h4-8,13,20H,9H2,1-3H3;(H,2,3,4). The molecule has 1 unspecified atom stereocenters. The van der Waals surface area contributed by atoms with Gasteiger partial charge in [-0.05, 0) is 12.1 Å². The highest BCUT2D eigenvalue weighted by Crippen LogP contribution is 2.28. The van der Waals surface area contributed by atoms with Gasteiger partial charge in [0.05, 0.1) is 12.6 Å². The molecule has 0 fully saturated rings. The Labute approximate surface area is 149 Å². The number of rotatable bonds is 3. The molecule has 1 aromatic heterocycles. The maximum absolute atomic E-state index is 10.4. The number of aliphatic hydroxyl groups is 1. The van der Waals surface area contributed by atoms with Crippen molar-refractivity contribution in [1.29, 1.82) is 0 Å². The molecular formula is C15H19Cl2N3O4. The average molecular weight is 376 g/mol. The predicted octanol–water partition coefficient (Wildman–Crippen LogP) is 3.87. The number of hydrogen-bond donors (Lipinski definition) is 2. The van der Waals surface area contributed by atoms with Gasteiger partial charge in [-0.3, -0.25) is 0 Å². The van der Waals surface area contributed by atoms with Gasteiger partial charge in [0.25, 0.3) is 5.09 Å². The van der Waals surface area contributed by atoms with Crippen molar-refractivity contribution >= 4 is 23.2 Å². The summed E-state index contributed by atoms with van der Waals surface area (Å²) in [7, 11) is 0. The molecule has 9 heteroatoms. The van der Waals surface area contributed by atoms with Gasteiger partial charge >= 0.3 is 0 Å². The fourth-order valence-corrected chi connectivity index (χ4v) is 2.69. The Morgan fingerprint density at radius 1 is 1.38 bits per heavy atom. The van der Waals surface area contributed by atoms with Crippen molar-refractivity contribution in [2.45, 2.75) is 38.8 Å². The zero-order chi connectivity index (χ0) is 18.5. The molecule has 24 heavy (non-hydrogen) atoms. The van der Waals surface area contributed by atoms with E-state index in [9.17, 15) is 5.11 Å². The number of aromatic nitrogens is 2. The molecule has 0 amide bonds. The maximum Gasteiger partial charge on any atom is 0.291 e. The van der Waals surface area contributed by atoms with Crippen LogP contribution in [0.4, 0.5) is 0 Å². The lowest BCUT2D eigenvalue weighted by Crippen LogP contribution is -2.21. The van der Waals surface area contributed by atoms with E-state index < -0.39 is 11.2 Å². The first kappa shape index (κ1) is 20.2. The number of halogens is 2. The minimum atomic E-state index is -1.50. The van der Waals surface area contributed by atoms with E-state index in [0.29, 0.717) is 22.2 Å². The van der Waals surface area contributed by atoms with Crippen molar-refractivity contribution in [3.8, 4) is 0 Å². The fourth-order valence-electron chi connectivity index (χ4n) is 2.16. The molecule has 2 N–H and O–H groups in total. The summed E-state index contributed by atoms with van der Waals surface area (Å²) in [5, 5.41) is 25.1. The molecule has 0 radical (unpaired) electrons. The van der Waals surface area contributed by atoms with Gasteiger partial charge in [0, 0.05) is 33.4 Å². The number of aliphatic hydroxyl groups excluding tert-OH is 1. The first-order chi connectivity index (χ1) is 11.0. The van der Waals surface area contributed by atoms with E-state index in [2.05, 4.69) is 25.8 Å². The molecule has 0 aliphatic carbocycles. The molecule has 0 saturated carbocycles. The summed E-state index contributed by atoms with van der Waals surface area (Å²) in [5.74, 6) is 0.932. The minimum absolute atomic E-state index is 0.0764. The molecule has 2 aromatic rings. The smallest absolute Gasteiger partial charge is 0.291 e. The molecule has 1 atom stereocenters. The average Bonchev–Trinajstić information content (AvgIpc) is 2.85. The second kappa shape index (κ2) is 8.32. The van der Waals surface area contributed by atoms with E-state index in [-0.39, 0.29) is 5.41 Å². The SMILES string of the molecule is CC(C)(C)c1nccn1CC(O)c1ccc(Cl)cc1Cl.O=[N+]([O-])O. The zero-order valence-electron chi connectivity index (χ0n) is 13.5. The van der Waals surface area contributed by atoms with Gasteiger partial charge < -0.3 is 14.9 Å². The Hall–Kier alpha value is -1.83. The van der Waals surface area contributed by atoms with Gasteiger partial charge in [0.15, 0.2) is 0 Å². The Kier molecular flexibility index (Phi) is 7.01. The summed E-state index contributed by atoms with van der Waals surface area (Å²) in [6.07, 6.45) is 2.92. The van der Waals surface area contributed by atoms with Crippen LogP contribution in [0, 0.1) is 10.1 Å². The fraction of sp³-hybridized carbons (Fsp3) is 0.400. The Morgan fingerprint density at radius 2 is 1.96 bits per heavy atom. The predicted molar refractivity (Wildman–Crippen MR) is 91.1 cm³/mol. The Balaban J connectivity index is 0.000000648. The van der Waals surface area contributed by atoms with Crippen molar-refractivity contribution in [3.05, 3.63) is 62.1 Å². The lowest BCUT2D eigenvalue weighted by atomic mass is 9.95. The first-order valence-corrected chi connectivity index (χ1v) is 7.76. The second-order valence-electron chi connectivity index (χ2n) is 6.07. The molecule has 0 spiro atoms. The minimum Gasteiger partial charge on any atom is -0.386 e. The lowest BCUT2D eigenvalue weighted by Gasteiger charge is -2.22. The van der Waals surface area contributed by atoms with Gasteiger partial charge in [0.1, 0.15) is 5.82 Å². The summed E-state index contributed by atoms with van der Waals surface area (Å²) in [6.45, 7) is 6.68. The molecule has 0 bridgehead atoms. The van der Waals surface area contributed by atoms with Gasteiger partial charge in [-0.25, -0.2) is 4.98 Å². The highest BCUT2D eigenvalue weighted by molar-refractivity contribution is 6.35. The van der Waals surface area contributed by atoms with Gasteiger partial charge in [-0.1, -0.05) is 50.0 Å². The highest BCUT2D eigenvalue weighted by atomic mass is 35.5. The van der Waals surface area contributed by atoms with Crippen molar-refractivity contribution in [2.24, 2.45) is 0 Å². The summed E-state index contributed by atoms with van der Waals surface area (Å²) < 4.78 is 1.95. The van der Waals surface area contributed by atoms with E-state index in [1.54, 1.807) is 24.4 Å². The van der Waals surface area contributed by atoms with Crippen molar-refractivity contribution < 1.29 is 15.4 Å². The normalized spacial score (nSPS) is 12.2. The van der Waals surface area contributed by atoms with Crippen molar-refractivity contribution in [1.82, 2.24) is 9.55 Å². The van der Waals surface area contributed by atoms with E-state index in [1.165, 1.54) is 0 Å². The molecule has 2 rings (SSSR count). The summed E-state index contributed by atoms with van der Waals surface area (Å²) in [6, 6.07) is 5.12. The van der Waals surface area contributed by atoms with Crippen LogP contribution in [0.15, 0.2) is 30.6 Å². The van der Waals surface area contributed by atoms with Crippen LogP contribution in [-0.2, 0) is 12.0 Å². The Bertz CT molecular complexity index is 694. The lowest BCUT2D eigenvalue weighted by molar-refractivity contribution is -0.742. The molecule has 1 heterocycles. The number of hydrogen-bond acceptors (Lipinski definition) is 4. The second-order valence-corrected chi connectivity index (χ2v) is 6.92. The van der Waals surface area contributed by atoms with Crippen LogP contribution < -0.4 is 0 Å². The maximum atomic E-state index is 10.4. The third-order valence-corrected chi connectivity index (χ3v) is 3.64. The Morgan fingerprint density at radius 3 is 2.46 bits per heavy atom. The van der Waals surface area contributed by atoms with Gasteiger partial charge in [0.2, 0.25) is 0 Å². The van der Waals surface area contributed by atoms with Crippen molar-refractivity contribution in [3.63, 3.8) is 0 Å². The third-order valence-electron chi connectivity index (χ3n) is 3.08. The highest BCUT2D eigenvalue weighted by Gasteiger charge is 2.21. The van der Waals surface area contributed by atoms with Crippen LogP contribution in [0.1, 0.15) is 38.3 Å². The molecule has 1 aromatic carbocycles. The first-order valence-electron chi connectivity index (χ1n) is 7.00. The van der Waals surface area contributed by atoms with Crippen LogP contribution in [0.25, 0.3) is 0 Å². The molecule has 0 aliphatic heterocycles. The number of nitrogens with zero attached hydrogens (tertiary/aromatic N) is 3. The summed E-state index contributed by atoms with van der Waals surface area (Å²) in [4.78, 5) is 12.7. The monoisotopic (exact) mass is 375 g/mol. The van der Waals surface area contributed by atoms with Gasteiger partial charge in [-0.2, -0.15) is 0 Å². The zero-order valence-corrected chi connectivity index (χ0v) is 15.0. The molecular weight excluding hydrogens is 357 g/mol. The summed E-state index contributed by atoms with van der Waals surface area (Å²) >= 11 is 12.0. The number of benzene rings is 1. The topological polar surface area (TPSA) is 101 Å². The van der Waals surface area contributed by atoms with E-state index in [4.69, 9.17) is 38.5 Å². The van der Waals surface area contributed by atoms with Crippen molar-refractivity contribution in [2.75, 3.05) is 0 Å². The van der Waals surface area contributed by atoms with E-state index >= 15 is 0 Å². The largest absolute Gasteiger partial charge is 0.386 e. The van der Waals surface area contributed by atoms with Crippen LogP contribution in [-0.4, -0.2) is 25.0 Å². The quantitative estimate of drug-likeness (QED) is 0.625. The summed E-state index contributed by atoms with van der Waals surface area (Å²) in [5.41, 5.74) is 0.595. The van der Waals surface area contributed by atoms with Crippen LogP contribution in [0.2, 0.25) is 10.0 Å². The number of imidazole rings is 1. The van der Waals surface area contributed by atoms with E-state index in [1.807, 2.05) is 10.8 Å². The molecule has 132 valence electrons. The van der Waals surface area contributed by atoms with Crippen LogP contribution >= 0.6 is 23.2 Å². The molecule has 0 aliphatic rings. The van der Waals surface area contributed by atoms with Gasteiger partial charge in [-0.15, -0.1) is 10.1 Å². The van der Waals surface area contributed by atoms with Crippen LogP contribution in [0.5, 0.6) is 0 Å². The molecule has 0 saturated heterocycles. The molecule has 7 nitrogen and oxygen atoms in total. The third kappa shape index (κ3) is 5.99. The van der Waals surface area contributed by atoms with Crippen LogP contribution in [0.3, 0.4) is 0 Å².